The van der Waals surface area contributed by atoms with E-state index in [1.54, 1.807) is 13.8 Å². The molecule has 0 unspecified atom stereocenters. The van der Waals surface area contributed by atoms with Crippen LogP contribution in [0.25, 0.3) is 0 Å². The SMILES string of the molecule is CC(C)c1nsc(NC(C)(C)C(C)(C)O)n1. The van der Waals surface area contributed by atoms with Gasteiger partial charge in [0.2, 0.25) is 5.13 Å². The first-order chi connectivity index (χ1) is 7.13. The van der Waals surface area contributed by atoms with Crippen molar-refractivity contribution >= 4 is 16.7 Å². The number of nitrogens with one attached hydrogen (secondary N) is 1. The fourth-order valence-electron chi connectivity index (χ4n) is 0.940. The van der Waals surface area contributed by atoms with Crippen molar-refractivity contribution in [1.29, 1.82) is 0 Å². The van der Waals surface area contributed by atoms with E-state index in [4.69, 9.17) is 0 Å². The quantitative estimate of drug-likeness (QED) is 0.853. The molecule has 16 heavy (non-hydrogen) atoms. The molecule has 2 N–H and O–H groups in total. The molecule has 5 heteroatoms. The minimum atomic E-state index is -0.823. The predicted octanol–water partition coefficient (Wildman–Crippen LogP) is 2.62. The number of aliphatic hydroxyl groups is 1. The van der Waals surface area contributed by atoms with Crippen molar-refractivity contribution in [3.63, 3.8) is 0 Å². The maximum absolute atomic E-state index is 10.0. The molecule has 0 bridgehead atoms. The topological polar surface area (TPSA) is 58.0 Å². The third kappa shape index (κ3) is 2.92. The van der Waals surface area contributed by atoms with Crippen molar-refractivity contribution in [2.45, 2.75) is 58.6 Å². The average molecular weight is 243 g/mol. The third-order valence-electron chi connectivity index (χ3n) is 2.91. The fraction of sp³-hybridized carbons (Fsp3) is 0.818. The molecular formula is C11H21N3OS. The smallest absolute Gasteiger partial charge is 0.203 e. The number of hydrogen-bond acceptors (Lipinski definition) is 5. The van der Waals surface area contributed by atoms with Crippen molar-refractivity contribution in [3.8, 4) is 0 Å². The molecule has 0 spiro atoms. The minimum absolute atomic E-state index is 0.331. The van der Waals surface area contributed by atoms with Crippen LogP contribution in [0.15, 0.2) is 0 Å². The molecule has 1 heterocycles. The van der Waals surface area contributed by atoms with E-state index in [2.05, 4.69) is 28.5 Å². The highest BCUT2D eigenvalue weighted by molar-refractivity contribution is 7.09. The Morgan fingerprint density at radius 1 is 1.25 bits per heavy atom. The van der Waals surface area contributed by atoms with Crippen LogP contribution in [0.3, 0.4) is 0 Å². The zero-order chi connectivity index (χ0) is 12.6. The van der Waals surface area contributed by atoms with Gasteiger partial charge in [-0.1, -0.05) is 13.8 Å². The molecule has 0 saturated heterocycles. The fourth-order valence-corrected chi connectivity index (χ4v) is 1.81. The van der Waals surface area contributed by atoms with Crippen molar-refractivity contribution in [2.24, 2.45) is 0 Å². The van der Waals surface area contributed by atoms with Crippen molar-refractivity contribution in [3.05, 3.63) is 5.82 Å². The highest BCUT2D eigenvalue weighted by Crippen LogP contribution is 2.27. The Bertz CT molecular complexity index is 352. The van der Waals surface area contributed by atoms with Crippen LogP contribution >= 0.6 is 11.5 Å². The molecule has 4 nitrogen and oxygen atoms in total. The summed E-state index contributed by atoms with van der Waals surface area (Å²) in [6.07, 6.45) is 0. The Hall–Kier alpha value is -0.680. The molecular weight excluding hydrogens is 222 g/mol. The minimum Gasteiger partial charge on any atom is -0.388 e. The Morgan fingerprint density at radius 2 is 1.81 bits per heavy atom. The Balaban J connectivity index is 2.81. The summed E-state index contributed by atoms with van der Waals surface area (Å²) in [6, 6.07) is 0. The first kappa shape index (κ1) is 13.4. The molecule has 0 atom stereocenters. The second-order valence-corrected chi connectivity index (χ2v) is 6.17. The Morgan fingerprint density at radius 3 is 2.19 bits per heavy atom. The van der Waals surface area contributed by atoms with Crippen LogP contribution in [0.1, 0.15) is 53.3 Å². The van der Waals surface area contributed by atoms with Crippen molar-refractivity contribution in [2.75, 3.05) is 5.32 Å². The number of anilines is 1. The summed E-state index contributed by atoms with van der Waals surface area (Å²) in [6.45, 7) is 11.6. The van der Waals surface area contributed by atoms with Gasteiger partial charge < -0.3 is 10.4 Å². The second-order valence-electron chi connectivity index (χ2n) is 5.42. The van der Waals surface area contributed by atoms with Gasteiger partial charge in [-0.25, -0.2) is 4.98 Å². The zero-order valence-corrected chi connectivity index (χ0v) is 11.6. The maximum Gasteiger partial charge on any atom is 0.203 e. The highest BCUT2D eigenvalue weighted by Gasteiger charge is 2.35. The molecule has 0 aromatic carbocycles. The number of aromatic nitrogens is 2. The molecule has 0 amide bonds. The van der Waals surface area contributed by atoms with Gasteiger partial charge in [0.25, 0.3) is 0 Å². The number of nitrogens with zero attached hydrogens (tertiary/aromatic N) is 2. The van der Waals surface area contributed by atoms with E-state index in [9.17, 15) is 5.11 Å². The number of rotatable bonds is 4. The summed E-state index contributed by atoms with van der Waals surface area (Å²) in [7, 11) is 0. The normalized spacial score (nSPS) is 13.2. The lowest BCUT2D eigenvalue weighted by Crippen LogP contribution is -2.51. The molecule has 0 radical (unpaired) electrons. The molecule has 1 aromatic heterocycles. The van der Waals surface area contributed by atoms with E-state index < -0.39 is 11.1 Å². The lowest BCUT2D eigenvalue weighted by Gasteiger charge is -2.37. The van der Waals surface area contributed by atoms with Gasteiger partial charge in [0.15, 0.2) is 0 Å². The van der Waals surface area contributed by atoms with Gasteiger partial charge in [0.05, 0.1) is 11.1 Å². The van der Waals surface area contributed by atoms with Crippen LogP contribution < -0.4 is 5.32 Å². The van der Waals surface area contributed by atoms with Crippen LogP contribution in [0.5, 0.6) is 0 Å². The van der Waals surface area contributed by atoms with Gasteiger partial charge in [-0.05, 0) is 27.7 Å². The van der Waals surface area contributed by atoms with Gasteiger partial charge in [0, 0.05) is 17.5 Å². The summed E-state index contributed by atoms with van der Waals surface area (Å²) in [4.78, 5) is 4.39. The Labute approximate surface area is 101 Å². The van der Waals surface area contributed by atoms with E-state index in [1.807, 2.05) is 13.8 Å². The Kier molecular flexibility index (Phi) is 3.59. The van der Waals surface area contributed by atoms with E-state index in [1.165, 1.54) is 11.5 Å². The van der Waals surface area contributed by atoms with Crippen LogP contribution in [0.2, 0.25) is 0 Å². The van der Waals surface area contributed by atoms with Crippen LogP contribution in [-0.4, -0.2) is 25.6 Å². The van der Waals surface area contributed by atoms with Crippen LogP contribution in [0, 0.1) is 0 Å². The molecule has 1 aromatic rings. The van der Waals surface area contributed by atoms with Crippen molar-refractivity contribution in [1.82, 2.24) is 9.36 Å². The van der Waals surface area contributed by atoms with E-state index in [0.29, 0.717) is 5.92 Å². The van der Waals surface area contributed by atoms with Gasteiger partial charge in [0.1, 0.15) is 5.82 Å². The average Bonchev–Trinajstić information content (AvgIpc) is 2.49. The highest BCUT2D eigenvalue weighted by atomic mass is 32.1. The third-order valence-corrected chi connectivity index (χ3v) is 3.55. The van der Waals surface area contributed by atoms with E-state index in [-0.39, 0.29) is 0 Å². The second kappa shape index (κ2) is 4.30. The summed E-state index contributed by atoms with van der Waals surface area (Å²) in [5.41, 5.74) is -1.27. The van der Waals surface area contributed by atoms with E-state index in [0.717, 1.165) is 11.0 Å². The molecule has 0 aliphatic heterocycles. The lowest BCUT2D eigenvalue weighted by atomic mass is 9.86. The molecule has 0 fully saturated rings. The summed E-state index contributed by atoms with van der Waals surface area (Å²) >= 11 is 1.34. The molecule has 0 aliphatic carbocycles. The molecule has 0 aliphatic rings. The summed E-state index contributed by atoms with van der Waals surface area (Å²) in [5, 5.41) is 14.0. The molecule has 0 saturated carbocycles. The molecule has 92 valence electrons. The summed E-state index contributed by atoms with van der Waals surface area (Å²) in [5.74, 6) is 1.18. The van der Waals surface area contributed by atoms with Gasteiger partial charge >= 0.3 is 0 Å². The standard InChI is InChI=1S/C11H21N3OS/c1-7(2)8-12-9(16-14-8)13-10(3,4)11(5,6)15/h7,15H,1-6H3,(H,12,13,14). The van der Waals surface area contributed by atoms with Crippen LogP contribution in [-0.2, 0) is 0 Å². The largest absolute Gasteiger partial charge is 0.388 e. The van der Waals surface area contributed by atoms with Gasteiger partial charge in [-0.2, -0.15) is 4.37 Å². The number of hydrogen-bond donors (Lipinski definition) is 2. The summed E-state index contributed by atoms with van der Waals surface area (Å²) < 4.78 is 4.27. The zero-order valence-electron chi connectivity index (χ0n) is 10.8. The predicted molar refractivity (Wildman–Crippen MR) is 68.0 cm³/mol. The molecule has 1 rings (SSSR count). The first-order valence-corrected chi connectivity index (χ1v) is 6.25. The van der Waals surface area contributed by atoms with Crippen molar-refractivity contribution < 1.29 is 5.11 Å². The first-order valence-electron chi connectivity index (χ1n) is 5.47. The van der Waals surface area contributed by atoms with E-state index >= 15 is 0 Å². The monoisotopic (exact) mass is 243 g/mol. The maximum atomic E-state index is 10.0. The van der Waals surface area contributed by atoms with Gasteiger partial charge in [-0.3, -0.25) is 0 Å². The lowest BCUT2D eigenvalue weighted by molar-refractivity contribution is 0.0240. The van der Waals surface area contributed by atoms with Gasteiger partial charge in [-0.15, -0.1) is 0 Å². The van der Waals surface area contributed by atoms with Crippen LogP contribution in [0.4, 0.5) is 5.13 Å².